The molecule has 0 spiro atoms. The fraction of sp³-hybridized carbons (Fsp3) is 1.00. The zero-order valence-electron chi connectivity index (χ0n) is 10.9. The predicted molar refractivity (Wildman–Crippen MR) is 69.5 cm³/mol. The standard InChI is InChI=1S/C14H29NO/c1-2-3-4-7-10-15-11-13-8-5-6-9-14(13)12-16/h13-16H,2-12H2,1H3. The SMILES string of the molecule is CCCCCCNCC1CCCCC1CO. The second-order valence-electron chi connectivity index (χ2n) is 5.25. The lowest BCUT2D eigenvalue weighted by Gasteiger charge is -2.30. The summed E-state index contributed by atoms with van der Waals surface area (Å²) in [7, 11) is 0. The molecule has 0 aromatic rings. The van der Waals surface area contributed by atoms with Crippen LogP contribution in [0.25, 0.3) is 0 Å². The van der Waals surface area contributed by atoms with E-state index in [2.05, 4.69) is 12.2 Å². The highest BCUT2D eigenvalue weighted by Gasteiger charge is 2.23. The number of nitrogens with one attached hydrogen (secondary N) is 1. The van der Waals surface area contributed by atoms with Gasteiger partial charge >= 0.3 is 0 Å². The van der Waals surface area contributed by atoms with Crippen molar-refractivity contribution in [1.29, 1.82) is 0 Å². The molecule has 1 aliphatic carbocycles. The van der Waals surface area contributed by atoms with E-state index in [-0.39, 0.29) is 0 Å². The zero-order chi connectivity index (χ0) is 11.6. The highest BCUT2D eigenvalue weighted by molar-refractivity contribution is 4.76. The smallest absolute Gasteiger partial charge is 0.0462 e. The third-order valence-corrected chi connectivity index (χ3v) is 3.91. The summed E-state index contributed by atoms with van der Waals surface area (Å²) in [6.45, 7) is 4.93. The molecule has 0 bridgehead atoms. The average molecular weight is 227 g/mol. The third-order valence-electron chi connectivity index (χ3n) is 3.91. The Kier molecular flexibility index (Phi) is 7.87. The number of aliphatic hydroxyl groups is 1. The van der Waals surface area contributed by atoms with Crippen molar-refractivity contribution in [1.82, 2.24) is 5.32 Å². The highest BCUT2D eigenvalue weighted by Crippen LogP contribution is 2.28. The molecule has 2 unspecified atom stereocenters. The van der Waals surface area contributed by atoms with E-state index in [1.807, 2.05) is 0 Å². The van der Waals surface area contributed by atoms with Crippen molar-refractivity contribution in [2.24, 2.45) is 11.8 Å². The minimum absolute atomic E-state index is 0.391. The first-order chi connectivity index (χ1) is 7.88. The largest absolute Gasteiger partial charge is 0.396 e. The first kappa shape index (κ1) is 14.0. The van der Waals surface area contributed by atoms with Gasteiger partial charge in [-0.3, -0.25) is 0 Å². The number of aliphatic hydroxyl groups excluding tert-OH is 1. The topological polar surface area (TPSA) is 32.3 Å². The molecule has 1 fully saturated rings. The Bertz CT molecular complexity index is 161. The van der Waals surface area contributed by atoms with Crippen LogP contribution in [0.4, 0.5) is 0 Å². The van der Waals surface area contributed by atoms with Crippen molar-refractivity contribution in [3.8, 4) is 0 Å². The summed E-state index contributed by atoms with van der Waals surface area (Å²) in [5.74, 6) is 1.29. The van der Waals surface area contributed by atoms with Crippen molar-refractivity contribution in [2.45, 2.75) is 58.3 Å². The van der Waals surface area contributed by atoms with Crippen molar-refractivity contribution in [3.05, 3.63) is 0 Å². The lowest BCUT2D eigenvalue weighted by Crippen LogP contribution is -2.32. The zero-order valence-corrected chi connectivity index (χ0v) is 10.9. The summed E-state index contributed by atoms with van der Waals surface area (Å²) in [6, 6.07) is 0. The summed E-state index contributed by atoms with van der Waals surface area (Å²) in [6.07, 6.45) is 10.6. The summed E-state index contributed by atoms with van der Waals surface area (Å²) in [4.78, 5) is 0. The molecule has 0 amide bonds. The van der Waals surface area contributed by atoms with E-state index in [1.54, 1.807) is 0 Å². The lowest BCUT2D eigenvalue weighted by atomic mass is 9.79. The van der Waals surface area contributed by atoms with Crippen molar-refractivity contribution >= 4 is 0 Å². The number of hydrogen-bond donors (Lipinski definition) is 2. The van der Waals surface area contributed by atoms with Crippen LogP contribution in [0.3, 0.4) is 0 Å². The molecule has 2 heteroatoms. The van der Waals surface area contributed by atoms with Crippen LogP contribution in [-0.2, 0) is 0 Å². The maximum Gasteiger partial charge on any atom is 0.0462 e. The Morgan fingerprint density at radius 2 is 1.81 bits per heavy atom. The molecule has 0 aliphatic heterocycles. The van der Waals surface area contributed by atoms with Crippen LogP contribution >= 0.6 is 0 Å². The van der Waals surface area contributed by atoms with Gasteiger partial charge in [-0.05, 0) is 44.2 Å². The van der Waals surface area contributed by atoms with Crippen molar-refractivity contribution in [3.63, 3.8) is 0 Å². The van der Waals surface area contributed by atoms with E-state index in [4.69, 9.17) is 0 Å². The Hall–Kier alpha value is -0.0800. The van der Waals surface area contributed by atoms with Crippen LogP contribution in [0.15, 0.2) is 0 Å². The molecule has 0 saturated heterocycles. The second kappa shape index (κ2) is 9.00. The number of hydrogen-bond acceptors (Lipinski definition) is 2. The Balaban J connectivity index is 2.02. The van der Waals surface area contributed by atoms with Crippen LogP contribution in [0, 0.1) is 11.8 Å². The molecule has 0 aromatic heterocycles. The summed E-state index contributed by atoms with van der Waals surface area (Å²) >= 11 is 0. The monoisotopic (exact) mass is 227 g/mol. The molecule has 2 nitrogen and oxygen atoms in total. The van der Waals surface area contributed by atoms with Gasteiger partial charge in [0.1, 0.15) is 0 Å². The molecule has 1 rings (SSSR count). The summed E-state index contributed by atoms with van der Waals surface area (Å²) in [5, 5.41) is 12.9. The first-order valence-electron chi connectivity index (χ1n) is 7.20. The Morgan fingerprint density at radius 1 is 1.06 bits per heavy atom. The van der Waals surface area contributed by atoms with Gasteiger partial charge in [-0.25, -0.2) is 0 Å². The third kappa shape index (κ3) is 5.31. The fourth-order valence-corrected chi connectivity index (χ4v) is 2.76. The van der Waals surface area contributed by atoms with Crippen molar-refractivity contribution < 1.29 is 5.11 Å². The quantitative estimate of drug-likeness (QED) is 0.625. The molecule has 2 N–H and O–H groups in total. The molecule has 2 atom stereocenters. The van der Waals surface area contributed by atoms with Crippen LogP contribution < -0.4 is 5.32 Å². The van der Waals surface area contributed by atoms with Gasteiger partial charge in [0.15, 0.2) is 0 Å². The maximum absolute atomic E-state index is 9.31. The van der Waals surface area contributed by atoms with Gasteiger partial charge in [0.2, 0.25) is 0 Å². The summed E-state index contributed by atoms with van der Waals surface area (Å²) in [5.41, 5.74) is 0. The van der Waals surface area contributed by atoms with Crippen LogP contribution in [0.1, 0.15) is 58.3 Å². The maximum atomic E-state index is 9.31. The molecule has 1 aliphatic rings. The fourth-order valence-electron chi connectivity index (χ4n) is 2.76. The molecular formula is C14H29NO. The minimum atomic E-state index is 0.391. The lowest BCUT2D eigenvalue weighted by molar-refractivity contribution is 0.133. The molecule has 96 valence electrons. The molecule has 0 aromatic carbocycles. The Morgan fingerprint density at radius 3 is 2.50 bits per heavy atom. The first-order valence-corrected chi connectivity index (χ1v) is 7.20. The highest BCUT2D eigenvalue weighted by atomic mass is 16.3. The normalized spacial score (nSPS) is 25.9. The molecule has 1 saturated carbocycles. The molecule has 16 heavy (non-hydrogen) atoms. The minimum Gasteiger partial charge on any atom is -0.396 e. The van der Waals surface area contributed by atoms with E-state index in [9.17, 15) is 5.11 Å². The van der Waals surface area contributed by atoms with Gasteiger partial charge < -0.3 is 10.4 Å². The van der Waals surface area contributed by atoms with Gasteiger partial charge in [-0.2, -0.15) is 0 Å². The van der Waals surface area contributed by atoms with E-state index >= 15 is 0 Å². The van der Waals surface area contributed by atoms with Gasteiger partial charge in [-0.1, -0.05) is 39.0 Å². The van der Waals surface area contributed by atoms with E-state index in [0.29, 0.717) is 12.5 Å². The van der Waals surface area contributed by atoms with Gasteiger partial charge in [0.25, 0.3) is 0 Å². The predicted octanol–water partition coefficient (Wildman–Crippen LogP) is 2.96. The van der Waals surface area contributed by atoms with E-state index in [0.717, 1.165) is 19.0 Å². The average Bonchev–Trinajstić information content (AvgIpc) is 2.34. The molecular weight excluding hydrogens is 198 g/mol. The molecule has 0 radical (unpaired) electrons. The number of rotatable bonds is 8. The van der Waals surface area contributed by atoms with Crippen LogP contribution in [0.5, 0.6) is 0 Å². The van der Waals surface area contributed by atoms with Crippen molar-refractivity contribution in [2.75, 3.05) is 19.7 Å². The van der Waals surface area contributed by atoms with E-state index in [1.165, 1.54) is 51.4 Å². The summed E-state index contributed by atoms with van der Waals surface area (Å²) < 4.78 is 0. The van der Waals surface area contributed by atoms with E-state index < -0.39 is 0 Å². The van der Waals surface area contributed by atoms with Crippen LogP contribution in [-0.4, -0.2) is 24.8 Å². The second-order valence-corrected chi connectivity index (χ2v) is 5.25. The molecule has 0 heterocycles. The number of unbranched alkanes of at least 4 members (excludes halogenated alkanes) is 3. The van der Waals surface area contributed by atoms with Gasteiger partial charge in [0, 0.05) is 6.61 Å². The van der Waals surface area contributed by atoms with Crippen LogP contribution in [0.2, 0.25) is 0 Å². The van der Waals surface area contributed by atoms with Gasteiger partial charge in [-0.15, -0.1) is 0 Å². The van der Waals surface area contributed by atoms with Gasteiger partial charge in [0.05, 0.1) is 0 Å². The Labute approximate surface area is 101 Å².